The molecule has 0 saturated heterocycles. The molecular formula is C17H22BrN3. The number of nitrogens with two attached hydrogens (primary N) is 1. The summed E-state index contributed by atoms with van der Waals surface area (Å²) in [6.45, 7) is 4.84. The maximum atomic E-state index is 5.97. The SMILES string of the molecule is Cc1cccc(CN(C)c2ccc(Br)cc2CC(C)N)n1. The van der Waals surface area contributed by atoms with E-state index in [-0.39, 0.29) is 6.04 Å². The van der Waals surface area contributed by atoms with Gasteiger partial charge >= 0.3 is 0 Å². The van der Waals surface area contributed by atoms with Crippen LogP contribution in [0.3, 0.4) is 0 Å². The first-order valence-electron chi connectivity index (χ1n) is 7.13. The number of anilines is 1. The van der Waals surface area contributed by atoms with Crippen molar-refractivity contribution in [1.82, 2.24) is 4.98 Å². The van der Waals surface area contributed by atoms with E-state index in [0.29, 0.717) is 0 Å². The zero-order chi connectivity index (χ0) is 15.4. The fraction of sp³-hybridized carbons (Fsp3) is 0.353. The van der Waals surface area contributed by atoms with E-state index in [1.54, 1.807) is 0 Å². The minimum Gasteiger partial charge on any atom is -0.368 e. The Hall–Kier alpha value is -1.39. The van der Waals surface area contributed by atoms with Gasteiger partial charge < -0.3 is 10.6 Å². The van der Waals surface area contributed by atoms with Crippen LogP contribution in [0.15, 0.2) is 40.9 Å². The molecule has 21 heavy (non-hydrogen) atoms. The van der Waals surface area contributed by atoms with E-state index in [4.69, 9.17) is 5.73 Å². The molecule has 0 aliphatic carbocycles. The van der Waals surface area contributed by atoms with Crippen LogP contribution in [-0.2, 0) is 13.0 Å². The van der Waals surface area contributed by atoms with E-state index in [9.17, 15) is 0 Å². The Balaban J connectivity index is 2.23. The first-order valence-corrected chi connectivity index (χ1v) is 7.92. The van der Waals surface area contributed by atoms with Gasteiger partial charge in [0, 0.05) is 28.9 Å². The van der Waals surface area contributed by atoms with Crippen molar-refractivity contribution in [3.63, 3.8) is 0 Å². The van der Waals surface area contributed by atoms with Crippen molar-refractivity contribution in [2.75, 3.05) is 11.9 Å². The van der Waals surface area contributed by atoms with Crippen LogP contribution in [-0.4, -0.2) is 18.1 Å². The lowest BCUT2D eigenvalue weighted by Gasteiger charge is -2.23. The standard InChI is InChI=1S/C17H22BrN3/c1-12(19)9-14-10-15(18)7-8-17(14)21(3)11-16-6-4-5-13(2)20-16/h4-8,10,12H,9,11,19H2,1-3H3. The molecule has 4 heteroatoms. The average molecular weight is 348 g/mol. The van der Waals surface area contributed by atoms with Gasteiger partial charge in [-0.2, -0.15) is 0 Å². The van der Waals surface area contributed by atoms with Gasteiger partial charge in [0.05, 0.1) is 12.2 Å². The maximum Gasteiger partial charge on any atom is 0.0600 e. The largest absolute Gasteiger partial charge is 0.368 e. The summed E-state index contributed by atoms with van der Waals surface area (Å²) >= 11 is 3.54. The number of pyridine rings is 1. The van der Waals surface area contributed by atoms with E-state index >= 15 is 0 Å². The van der Waals surface area contributed by atoms with Gasteiger partial charge in [0.1, 0.15) is 0 Å². The Morgan fingerprint density at radius 1 is 1.29 bits per heavy atom. The van der Waals surface area contributed by atoms with Gasteiger partial charge in [-0.15, -0.1) is 0 Å². The normalized spacial score (nSPS) is 12.2. The van der Waals surface area contributed by atoms with Crippen LogP contribution >= 0.6 is 15.9 Å². The van der Waals surface area contributed by atoms with Crippen LogP contribution < -0.4 is 10.6 Å². The number of rotatable bonds is 5. The Morgan fingerprint density at radius 2 is 2.05 bits per heavy atom. The lowest BCUT2D eigenvalue weighted by Crippen LogP contribution is -2.22. The second kappa shape index (κ2) is 7.05. The van der Waals surface area contributed by atoms with Crippen LogP contribution in [0.25, 0.3) is 0 Å². The summed E-state index contributed by atoms with van der Waals surface area (Å²) in [5.41, 5.74) is 10.6. The number of benzene rings is 1. The van der Waals surface area contributed by atoms with Gasteiger partial charge in [-0.1, -0.05) is 22.0 Å². The zero-order valence-electron chi connectivity index (χ0n) is 12.8. The van der Waals surface area contributed by atoms with Gasteiger partial charge in [-0.3, -0.25) is 4.98 Å². The summed E-state index contributed by atoms with van der Waals surface area (Å²) in [7, 11) is 2.10. The second-order valence-corrected chi connectivity index (χ2v) is 6.50. The van der Waals surface area contributed by atoms with E-state index in [0.717, 1.165) is 28.8 Å². The summed E-state index contributed by atoms with van der Waals surface area (Å²) in [6.07, 6.45) is 0.861. The van der Waals surface area contributed by atoms with Crippen molar-refractivity contribution in [2.24, 2.45) is 5.73 Å². The second-order valence-electron chi connectivity index (χ2n) is 5.58. The van der Waals surface area contributed by atoms with Crippen molar-refractivity contribution in [3.8, 4) is 0 Å². The summed E-state index contributed by atoms with van der Waals surface area (Å²) in [5.74, 6) is 0. The Labute approximate surface area is 135 Å². The third-order valence-electron chi connectivity index (χ3n) is 3.34. The molecule has 0 aliphatic heterocycles. The summed E-state index contributed by atoms with van der Waals surface area (Å²) in [6, 6.07) is 12.6. The highest BCUT2D eigenvalue weighted by molar-refractivity contribution is 9.10. The molecule has 0 bridgehead atoms. The maximum absolute atomic E-state index is 5.97. The molecule has 0 spiro atoms. The molecular weight excluding hydrogens is 326 g/mol. The Bertz CT molecular complexity index is 611. The monoisotopic (exact) mass is 347 g/mol. The minimum absolute atomic E-state index is 0.142. The molecule has 2 rings (SSSR count). The van der Waals surface area contributed by atoms with Crippen molar-refractivity contribution in [1.29, 1.82) is 0 Å². The molecule has 1 aromatic heterocycles. The van der Waals surface area contributed by atoms with Crippen molar-refractivity contribution in [2.45, 2.75) is 32.9 Å². The van der Waals surface area contributed by atoms with Crippen molar-refractivity contribution < 1.29 is 0 Å². The van der Waals surface area contributed by atoms with Gasteiger partial charge in [0.25, 0.3) is 0 Å². The summed E-state index contributed by atoms with van der Waals surface area (Å²) < 4.78 is 1.09. The molecule has 0 fully saturated rings. The molecule has 0 saturated carbocycles. The predicted octanol–water partition coefficient (Wildman–Crippen LogP) is 3.68. The van der Waals surface area contributed by atoms with Crippen LogP contribution in [0.4, 0.5) is 5.69 Å². The third-order valence-corrected chi connectivity index (χ3v) is 3.83. The lowest BCUT2D eigenvalue weighted by molar-refractivity contribution is 0.733. The highest BCUT2D eigenvalue weighted by Crippen LogP contribution is 2.26. The van der Waals surface area contributed by atoms with Gasteiger partial charge in [0.2, 0.25) is 0 Å². The number of nitrogens with zero attached hydrogens (tertiary/aromatic N) is 2. The molecule has 1 heterocycles. The number of hydrogen-bond donors (Lipinski definition) is 1. The van der Waals surface area contributed by atoms with Crippen molar-refractivity contribution in [3.05, 3.63) is 57.8 Å². The molecule has 2 N–H and O–H groups in total. The first-order chi connectivity index (χ1) is 9.95. The molecule has 0 aliphatic rings. The van der Waals surface area contributed by atoms with Crippen LogP contribution in [0.5, 0.6) is 0 Å². The van der Waals surface area contributed by atoms with Crippen molar-refractivity contribution >= 4 is 21.6 Å². The fourth-order valence-corrected chi connectivity index (χ4v) is 2.86. The number of hydrogen-bond acceptors (Lipinski definition) is 3. The Kier molecular flexibility index (Phi) is 5.37. The molecule has 2 aromatic rings. The van der Waals surface area contributed by atoms with Crippen LogP contribution in [0, 0.1) is 6.92 Å². The highest BCUT2D eigenvalue weighted by atomic mass is 79.9. The van der Waals surface area contributed by atoms with E-state index in [2.05, 4.69) is 63.2 Å². The summed E-state index contributed by atoms with van der Waals surface area (Å²) in [5, 5.41) is 0. The first kappa shape index (κ1) is 16.0. The molecule has 0 radical (unpaired) electrons. The molecule has 1 aromatic carbocycles. The minimum atomic E-state index is 0.142. The molecule has 3 nitrogen and oxygen atoms in total. The van der Waals surface area contributed by atoms with E-state index < -0.39 is 0 Å². The number of aromatic nitrogens is 1. The van der Waals surface area contributed by atoms with Crippen LogP contribution in [0.1, 0.15) is 23.9 Å². The highest BCUT2D eigenvalue weighted by Gasteiger charge is 2.11. The topological polar surface area (TPSA) is 42.1 Å². The molecule has 1 unspecified atom stereocenters. The lowest BCUT2D eigenvalue weighted by atomic mass is 10.0. The fourth-order valence-electron chi connectivity index (χ4n) is 2.45. The van der Waals surface area contributed by atoms with E-state index in [1.807, 2.05) is 19.9 Å². The predicted molar refractivity (Wildman–Crippen MR) is 92.6 cm³/mol. The molecule has 112 valence electrons. The van der Waals surface area contributed by atoms with Gasteiger partial charge in [-0.25, -0.2) is 0 Å². The smallest absolute Gasteiger partial charge is 0.0600 e. The third kappa shape index (κ3) is 4.55. The Morgan fingerprint density at radius 3 is 2.71 bits per heavy atom. The number of aryl methyl sites for hydroxylation is 1. The summed E-state index contributed by atoms with van der Waals surface area (Å²) in [4.78, 5) is 6.80. The van der Waals surface area contributed by atoms with Gasteiger partial charge in [-0.05, 0) is 56.2 Å². The van der Waals surface area contributed by atoms with E-state index in [1.165, 1.54) is 11.3 Å². The zero-order valence-corrected chi connectivity index (χ0v) is 14.4. The molecule has 1 atom stereocenters. The number of halogens is 1. The van der Waals surface area contributed by atoms with Crippen LogP contribution in [0.2, 0.25) is 0 Å². The quantitative estimate of drug-likeness (QED) is 0.896. The molecule has 0 amide bonds. The average Bonchev–Trinajstić information content (AvgIpc) is 2.37. The van der Waals surface area contributed by atoms with Gasteiger partial charge in [0.15, 0.2) is 0 Å².